The third kappa shape index (κ3) is 4.93. The predicted molar refractivity (Wildman–Crippen MR) is 148 cm³/mol. The Balaban J connectivity index is 1.48. The number of anilines is 1. The summed E-state index contributed by atoms with van der Waals surface area (Å²) < 4.78 is 2.06. The fourth-order valence-electron chi connectivity index (χ4n) is 5.00. The van der Waals surface area contributed by atoms with Crippen LogP contribution in [0.25, 0.3) is 22.3 Å². The van der Waals surface area contributed by atoms with Crippen molar-refractivity contribution >= 4 is 22.5 Å². The lowest BCUT2D eigenvalue weighted by molar-refractivity contribution is 0.0784. The number of likely N-dealkylation sites (N-methyl/N-ethyl adjacent to an activating group) is 1. The molecule has 8 nitrogen and oxygen atoms in total. The molecule has 1 aliphatic rings. The first-order valence-electron chi connectivity index (χ1n) is 12.8. The van der Waals surface area contributed by atoms with Crippen molar-refractivity contribution in [1.29, 1.82) is 0 Å². The summed E-state index contributed by atoms with van der Waals surface area (Å²) in [6.45, 7) is 8.66. The second-order valence-corrected chi connectivity index (χ2v) is 10.2. The highest BCUT2D eigenvalue weighted by Gasteiger charge is 2.24. The number of aryl methyl sites for hydroxylation is 3. The van der Waals surface area contributed by atoms with Crippen molar-refractivity contribution in [2.24, 2.45) is 7.05 Å². The Morgan fingerprint density at radius 3 is 2.54 bits per heavy atom. The maximum atomic E-state index is 13.8. The predicted octanol–water partition coefficient (Wildman–Crippen LogP) is 4.21. The number of hydrogen-bond acceptors (Lipinski definition) is 6. The number of benzene rings is 1. The van der Waals surface area contributed by atoms with E-state index in [1.807, 2.05) is 64.5 Å². The maximum absolute atomic E-state index is 13.8. The number of nitrogens with zero attached hydrogens (tertiary/aromatic N) is 6. The van der Waals surface area contributed by atoms with Crippen LogP contribution in [0.5, 0.6) is 0 Å². The minimum Gasteiger partial charge on any atom is -0.378 e. The van der Waals surface area contributed by atoms with Crippen molar-refractivity contribution in [3.05, 3.63) is 70.9 Å². The van der Waals surface area contributed by atoms with Crippen molar-refractivity contribution in [2.75, 3.05) is 32.5 Å². The number of amides is 1. The van der Waals surface area contributed by atoms with Gasteiger partial charge in [0.25, 0.3) is 5.91 Å². The summed E-state index contributed by atoms with van der Waals surface area (Å²) >= 11 is 0. The minimum atomic E-state index is -0.0531. The van der Waals surface area contributed by atoms with Gasteiger partial charge in [0.2, 0.25) is 0 Å². The molecule has 0 atom stereocenters. The van der Waals surface area contributed by atoms with E-state index in [1.165, 1.54) is 0 Å². The highest BCUT2D eigenvalue weighted by Crippen LogP contribution is 2.28. The van der Waals surface area contributed by atoms with Crippen LogP contribution in [-0.2, 0) is 20.0 Å². The van der Waals surface area contributed by atoms with E-state index in [-0.39, 0.29) is 5.91 Å². The number of hydrogen-bond donors (Lipinski definition) is 1. The van der Waals surface area contributed by atoms with Gasteiger partial charge in [0.05, 0.1) is 58.3 Å². The summed E-state index contributed by atoms with van der Waals surface area (Å²) in [6, 6.07) is 12.4. The Morgan fingerprint density at radius 2 is 1.86 bits per heavy atom. The smallest absolute Gasteiger partial charge is 0.254 e. The summed E-state index contributed by atoms with van der Waals surface area (Å²) in [5.41, 5.74) is 6.91. The molecule has 1 aliphatic heterocycles. The number of fused-ring (bicyclic) bond motifs is 1. The van der Waals surface area contributed by atoms with Gasteiger partial charge in [-0.2, -0.15) is 0 Å². The van der Waals surface area contributed by atoms with E-state index >= 15 is 0 Å². The number of likely N-dealkylation sites (tertiary alicyclic amines) is 1. The largest absolute Gasteiger partial charge is 0.378 e. The molecule has 1 fully saturated rings. The number of rotatable bonds is 7. The molecule has 192 valence electrons. The molecule has 8 heteroatoms. The van der Waals surface area contributed by atoms with Crippen LogP contribution >= 0.6 is 0 Å². The van der Waals surface area contributed by atoms with Crippen LogP contribution < -0.4 is 5.32 Å². The summed E-state index contributed by atoms with van der Waals surface area (Å²) in [6.07, 6.45) is 2.71. The molecule has 0 bridgehead atoms. The maximum Gasteiger partial charge on any atom is 0.254 e. The van der Waals surface area contributed by atoms with Gasteiger partial charge in [-0.3, -0.25) is 4.79 Å². The Morgan fingerprint density at radius 1 is 1.08 bits per heavy atom. The van der Waals surface area contributed by atoms with E-state index in [0.717, 1.165) is 64.6 Å². The molecule has 4 aromatic rings. The summed E-state index contributed by atoms with van der Waals surface area (Å²) in [5.74, 6) is 0.953. The van der Waals surface area contributed by atoms with Gasteiger partial charge in [-0.1, -0.05) is 18.6 Å². The molecular weight excluding hydrogens is 462 g/mol. The second-order valence-electron chi connectivity index (χ2n) is 10.2. The van der Waals surface area contributed by atoms with E-state index in [0.29, 0.717) is 23.8 Å². The Hall–Kier alpha value is -3.78. The highest BCUT2D eigenvalue weighted by atomic mass is 16.2. The lowest BCUT2D eigenvalue weighted by Crippen LogP contribution is -2.52. The van der Waals surface area contributed by atoms with Gasteiger partial charge in [0, 0.05) is 39.0 Å². The second kappa shape index (κ2) is 9.94. The van der Waals surface area contributed by atoms with Crippen molar-refractivity contribution < 1.29 is 4.79 Å². The van der Waals surface area contributed by atoms with E-state index < -0.39 is 0 Å². The third-order valence-corrected chi connectivity index (χ3v) is 7.21. The lowest BCUT2D eigenvalue weighted by atomic mass is 10.0. The first-order chi connectivity index (χ1) is 17.7. The van der Waals surface area contributed by atoms with Gasteiger partial charge in [-0.15, -0.1) is 0 Å². The molecule has 3 aromatic heterocycles. The van der Waals surface area contributed by atoms with Crippen molar-refractivity contribution in [3.8, 4) is 11.4 Å². The van der Waals surface area contributed by atoms with Gasteiger partial charge in [-0.25, -0.2) is 15.0 Å². The number of pyridine rings is 2. The molecule has 1 amide bonds. The van der Waals surface area contributed by atoms with Gasteiger partial charge in [-0.05, 0) is 51.2 Å². The average Bonchev–Trinajstić information content (AvgIpc) is 3.21. The zero-order chi connectivity index (χ0) is 26.3. The molecule has 37 heavy (non-hydrogen) atoms. The number of carbonyl (C=O) groups excluding carboxylic acids is 1. The molecule has 0 spiro atoms. The molecule has 0 saturated carbocycles. The Labute approximate surface area is 218 Å². The number of aromatic nitrogens is 4. The van der Waals surface area contributed by atoms with Crippen LogP contribution in [0.15, 0.2) is 42.6 Å². The third-order valence-electron chi connectivity index (χ3n) is 7.21. The number of imidazole rings is 1. The van der Waals surface area contributed by atoms with E-state index in [9.17, 15) is 4.79 Å². The minimum absolute atomic E-state index is 0.0531. The zero-order valence-corrected chi connectivity index (χ0v) is 22.5. The van der Waals surface area contributed by atoms with E-state index in [1.54, 1.807) is 4.90 Å². The Bertz CT molecular complexity index is 1470. The van der Waals surface area contributed by atoms with Crippen molar-refractivity contribution in [2.45, 2.75) is 39.8 Å². The quantitative estimate of drug-likeness (QED) is 0.412. The van der Waals surface area contributed by atoms with Crippen LogP contribution in [0.2, 0.25) is 0 Å². The van der Waals surface area contributed by atoms with E-state index in [2.05, 4.69) is 39.8 Å². The molecule has 4 heterocycles. The topological polar surface area (TPSA) is 79.2 Å². The Kier molecular flexibility index (Phi) is 6.69. The average molecular weight is 498 g/mol. The first kappa shape index (κ1) is 24.9. The molecule has 0 aliphatic carbocycles. The standard InChI is InChI=1S/C29H35N7O/c1-7-28-30-14-21(36(28)6)17-35(5)29(37)23-13-27(33-25-9-8-18(2)12-22(23)25)26-11-10-24(19(3)31-26)32-20-15-34(4)16-20/h8-14,20,32H,7,15-17H2,1-6H3. The zero-order valence-electron chi connectivity index (χ0n) is 22.5. The van der Waals surface area contributed by atoms with Gasteiger partial charge >= 0.3 is 0 Å². The SMILES string of the molecule is CCc1ncc(CN(C)C(=O)c2cc(-c3ccc(NC4CN(C)C4)c(C)n3)nc3ccc(C)cc23)n1C. The monoisotopic (exact) mass is 497 g/mol. The number of carbonyl (C=O) groups is 1. The lowest BCUT2D eigenvalue weighted by Gasteiger charge is -2.37. The molecule has 5 rings (SSSR count). The van der Waals surface area contributed by atoms with Gasteiger partial charge < -0.3 is 19.7 Å². The first-order valence-corrected chi connectivity index (χ1v) is 12.8. The van der Waals surface area contributed by atoms with Gasteiger partial charge in [0.15, 0.2) is 0 Å². The highest BCUT2D eigenvalue weighted by molar-refractivity contribution is 6.07. The fourth-order valence-corrected chi connectivity index (χ4v) is 5.00. The summed E-state index contributed by atoms with van der Waals surface area (Å²) in [7, 11) is 5.96. The molecule has 1 aromatic carbocycles. The molecule has 0 radical (unpaired) electrons. The molecular formula is C29H35N7O. The molecule has 1 N–H and O–H groups in total. The summed E-state index contributed by atoms with van der Waals surface area (Å²) in [5, 5.41) is 4.43. The van der Waals surface area contributed by atoms with Crippen LogP contribution in [0.1, 0.15) is 40.1 Å². The summed E-state index contributed by atoms with van der Waals surface area (Å²) in [4.78, 5) is 32.1. The normalized spacial score (nSPS) is 14.1. The van der Waals surface area contributed by atoms with Crippen LogP contribution in [-0.4, -0.2) is 68.5 Å². The van der Waals surface area contributed by atoms with Crippen molar-refractivity contribution in [3.63, 3.8) is 0 Å². The molecule has 1 saturated heterocycles. The van der Waals surface area contributed by atoms with Gasteiger partial charge in [0.1, 0.15) is 5.82 Å². The fraction of sp³-hybridized carbons (Fsp3) is 0.379. The van der Waals surface area contributed by atoms with E-state index in [4.69, 9.17) is 9.97 Å². The molecule has 0 unspecified atom stereocenters. The van der Waals surface area contributed by atoms with Crippen LogP contribution in [0.4, 0.5) is 5.69 Å². The van der Waals surface area contributed by atoms with Crippen LogP contribution in [0.3, 0.4) is 0 Å². The van der Waals surface area contributed by atoms with Crippen molar-refractivity contribution in [1.82, 2.24) is 29.3 Å². The number of nitrogens with one attached hydrogen (secondary N) is 1. The van der Waals surface area contributed by atoms with Crippen LogP contribution in [0, 0.1) is 13.8 Å².